The Labute approximate surface area is 165 Å². The lowest BCUT2D eigenvalue weighted by atomic mass is 10.0. The lowest BCUT2D eigenvalue weighted by molar-refractivity contribution is -0.131. The molecule has 0 spiro atoms. The van der Waals surface area contributed by atoms with E-state index in [4.69, 9.17) is 14.2 Å². The molecule has 0 bridgehead atoms. The molecule has 0 fully saturated rings. The highest BCUT2D eigenvalue weighted by atomic mass is 16.5. The number of hydrogen-bond acceptors (Lipinski definition) is 5. The molecule has 2 aromatic carbocycles. The molecule has 2 rings (SSSR count). The van der Waals surface area contributed by atoms with E-state index >= 15 is 0 Å². The summed E-state index contributed by atoms with van der Waals surface area (Å²) in [6, 6.07) is 12.6. The molecule has 5 heteroatoms. The van der Waals surface area contributed by atoms with E-state index in [0.717, 1.165) is 16.7 Å². The van der Waals surface area contributed by atoms with Crippen molar-refractivity contribution in [1.29, 1.82) is 0 Å². The molecule has 5 nitrogen and oxygen atoms in total. The Balaban J connectivity index is 2.27. The Morgan fingerprint density at radius 1 is 0.857 bits per heavy atom. The van der Waals surface area contributed by atoms with Gasteiger partial charge in [0.1, 0.15) is 11.5 Å². The maximum atomic E-state index is 11.9. The standard InChI is InChI=1S/C23H24O5/c1-6-26-14-19-13-18(9-12-21(19)28-23(25)16(4)5)17-7-10-20(11-8-17)27-22(24)15(2)3/h7-13H,2,4,6,14H2,1,3,5H3. The van der Waals surface area contributed by atoms with Crippen LogP contribution in [0.15, 0.2) is 66.8 Å². The van der Waals surface area contributed by atoms with Crippen molar-refractivity contribution in [2.45, 2.75) is 27.4 Å². The molecule has 0 amide bonds. The summed E-state index contributed by atoms with van der Waals surface area (Å²) in [7, 11) is 0. The minimum absolute atomic E-state index is 0.317. The average Bonchev–Trinajstić information content (AvgIpc) is 2.67. The minimum Gasteiger partial charge on any atom is -0.423 e. The number of carbonyl (C=O) groups excluding carboxylic acids is 2. The van der Waals surface area contributed by atoms with Crippen molar-refractivity contribution < 1.29 is 23.8 Å². The molecule has 0 heterocycles. The summed E-state index contributed by atoms with van der Waals surface area (Å²) in [5, 5.41) is 0. The van der Waals surface area contributed by atoms with Gasteiger partial charge in [0.25, 0.3) is 0 Å². The van der Waals surface area contributed by atoms with Gasteiger partial charge >= 0.3 is 11.9 Å². The molecule has 2 aromatic rings. The number of benzene rings is 2. The second-order valence-corrected chi connectivity index (χ2v) is 6.32. The molecular formula is C23H24O5. The zero-order valence-corrected chi connectivity index (χ0v) is 16.4. The first-order valence-corrected chi connectivity index (χ1v) is 8.88. The molecule has 0 aromatic heterocycles. The fourth-order valence-electron chi connectivity index (χ4n) is 2.28. The summed E-state index contributed by atoms with van der Waals surface area (Å²) in [6.45, 7) is 13.1. The predicted octanol–water partition coefficient (Wildman–Crippen LogP) is 4.85. The first-order valence-electron chi connectivity index (χ1n) is 8.88. The van der Waals surface area contributed by atoms with Gasteiger partial charge in [0.2, 0.25) is 0 Å². The summed E-state index contributed by atoms with van der Waals surface area (Å²) in [5.41, 5.74) is 3.26. The molecule has 0 unspecified atom stereocenters. The first-order chi connectivity index (χ1) is 13.3. The van der Waals surface area contributed by atoms with Crippen LogP contribution in [0.3, 0.4) is 0 Å². The Morgan fingerprint density at radius 2 is 1.43 bits per heavy atom. The molecule has 0 aliphatic heterocycles. The summed E-state index contributed by atoms with van der Waals surface area (Å²) in [4.78, 5) is 23.5. The van der Waals surface area contributed by atoms with Crippen molar-refractivity contribution in [2.75, 3.05) is 6.61 Å². The fourth-order valence-corrected chi connectivity index (χ4v) is 2.28. The molecule has 146 valence electrons. The van der Waals surface area contributed by atoms with Gasteiger partial charge in [-0.05, 0) is 56.2 Å². The number of ether oxygens (including phenoxy) is 3. The van der Waals surface area contributed by atoms with E-state index in [1.54, 1.807) is 32.0 Å². The quantitative estimate of drug-likeness (QED) is 0.372. The van der Waals surface area contributed by atoms with Crippen molar-refractivity contribution in [3.8, 4) is 22.6 Å². The van der Waals surface area contributed by atoms with Crippen molar-refractivity contribution >= 4 is 11.9 Å². The molecule has 0 saturated carbocycles. The number of carbonyl (C=O) groups is 2. The van der Waals surface area contributed by atoms with Gasteiger partial charge in [-0.2, -0.15) is 0 Å². The van der Waals surface area contributed by atoms with Gasteiger partial charge in [0.05, 0.1) is 6.61 Å². The van der Waals surface area contributed by atoms with E-state index < -0.39 is 11.9 Å². The maximum Gasteiger partial charge on any atom is 0.338 e. The Kier molecular flexibility index (Phi) is 7.29. The molecule has 0 radical (unpaired) electrons. The summed E-state index contributed by atoms with van der Waals surface area (Å²) < 4.78 is 16.1. The zero-order valence-electron chi connectivity index (χ0n) is 16.4. The highest BCUT2D eigenvalue weighted by Gasteiger charge is 2.12. The van der Waals surface area contributed by atoms with E-state index in [9.17, 15) is 9.59 Å². The summed E-state index contributed by atoms with van der Waals surface area (Å²) in [6.07, 6.45) is 0. The number of hydrogen-bond donors (Lipinski definition) is 0. The minimum atomic E-state index is -0.478. The van der Waals surface area contributed by atoms with Crippen LogP contribution in [0.1, 0.15) is 26.3 Å². The van der Waals surface area contributed by atoms with Gasteiger partial charge in [-0.1, -0.05) is 31.4 Å². The van der Waals surface area contributed by atoms with Gasteiger partial charge in [0.15, 0.2) is 0 Å². The molecule has 0 N–H and O–H groups in total. The largest absolute Gasteiger partial charge is 0.423 e. The lowest BCUT2D eigenvalue weighted by Gasteiger charge is -2.13. The van der Waals surface area contributed by atoms with Crippen LogP contribution in [-0.2, 0) is 20.9 Å². The van der Waals surface area contributed by atoms with Crippen LogP contribution >= 0.6 is 0 Å². The smallest absolute Gasteiger partial charge is 0.338 e. The molecule has 0 aliphatic carbocycles. The summed E-state index contributed by atoms with van der Waals surface area (Å²) >= 11 is 0. The van der Waals surface area contributed by atoms with Gasteiger partial charge in [-0.25, -0.2) is 9.59 Å². The fraction of sp³-hybridized carbons (Fsp3) is 0.217. The summed E-state index contributed by atoms with van der Waals surface area (Å²) in [5.74, 6) is -0.0554. The van der Waals surface area contributed by atoms with Crippen LogP contribution in [0.5, 0.6) is 11.5 Å². The molecule has 0 aliphatic rings. The highest BCUT2D eigenvalue weighted by Crippen LogP contribution is 2.29. The van der Waals surface area contributed by atoms with E-state index in [2.05, 4.69) is 13.2 Å². The SMILES string of the molecule is C=C(C)C(=O)Oc1ccc(-c2ccc(OC(=O)C(=C)C)c(COCC)c2)cc1. The number of esters is 2. The third-order valence-corrected chi connectivity index (χ3v) is 3.82. The Morgan fingerprint density at radius 3 is 2.00 bits per heavy atom. The first kappa shape index (κ1) is 21.1. The van der Waals surface area contributed by atoms with Crippen LogP contribution in [-0.4, -0.2) is 18.5 Å². The topological polar surface area (TPSA) is 61.8 Å². The normalized spacial score (nSPS) is 10.2. The molecule has 0 saturated heterocycles. The van der Waals surface area contributed by atoms with E-state index in [-0.39, 0.29) is 0 Å². The molecule has 0 atom stereocenters. The van der Waals surface area contributed by atoms with E-state index in [1.807, 2.05) is 31.2 Å². The van der Waals surface area contributed by atoms with Crippen LogP contribution in [0.2, 0.25) is 0 Å². The Hall–Kier alpha value is -3.18. The van der Waals surface area contributed by atoms with Crippen molar-refractivity contribution in [2.24, 2.45) is 0 Å². The zero-order chi connectivity index (χ0) is 20.7. The van der Waals surface area contributed by atoms with Crippen LogP contribution in [0, 0.1) is 0 Å². The van der Waals surface area contributed by atoms with Gasteiger partial charge < -0.3 is 14.2 Å². The molecular weight excluding hydrogens is 356 g/mol. The highest BCUT2D eigenvalue weighted by molar-refractivity contribution is 5.89. The van der Waals surface area contributed by atoms with Gasteiger partial charge in [-0.15, -0.1) is 0 Å². The second-order valence-electron chi connectivity index (χ2n) is 6.32. The monoisotopic (exact) mass is 380 g/mol. The third kappa shape index (κ3) is 5.66. The molecule has 28 heavy (non-hydrogen) atoms. The van der Waals surface area contributed by atoms with Gasteiger partial charge in [-0.3, -0.25) is 0 Å². The predicted molar refractivity (Wildman–Crippen MR) is 108 cm³/mol. The third-order valence-electron chi connectivity index (χ3n) is 3.82. The van der Waals surface area contributed by atoms with Crippen molar-refractivity contribution in [3.05, 3.63) is 72.3 Å². The van der Waals surface area contributed by atoms with Crippen molar-refractivity contribution in [1.82, 2.24) is 0 Å². The Bertz CT molecular complexity index is 894. The van der Waals surface area contributed by atoms with Crippen LogP contribution < -0.4 is 9.47 Å². The van der Waals surface area contributed by atoms with E-state index in [1.165, 1.54) is 0 Å². The van der Waals surface area contributed by atoms with Crippen molar-refractivity contribution in [3.63, 3.8) is 0 Å². The second kappa shape index (κ2) is 9.67. The average molecular weight is 380 g/mol. The van der Waals surface area contributed by atoms with Gasteiger partial charge in [0, 0.05) is 23.3 Å². The van der Waals surface area contributed by atoms with Crippen LogP contribution in [0.4, 0.5) is 0 Å². The van der Waals surface area contributed by atoms with Crippen LogP contribution in [0.25, 0.3) is 11.1 Å². The number of rotatable bonds is 8. The lowest BCUT2D eigenvalue weighted by Crippen LogP contribution is -2.10. The van der Waals surface area contributed by atoms with E-state index in [0.29, 0.717) is 35.9 Å². The maximum absolute atomic E-state index is 11.9.